The predicted molar refractivity (Wildman–Crippen MR) is 65.1 cm³/mol. The Labute approximate surface area is 94.8 Å². The minimum absolute atomic E-state index is 0.309. The highest BCUT2D eigenvalue weighted by Gasteiger charge is 2.29. The lowest BCUT2D eigenvalue weighted by Gasteiger charge is -2.35. The van der Waals surface area contributed by atoms with Gasteiger partial charge in [0.05, 0.1) is 6.61 Å². The summed E-state index contributed by atoms with van der Waals surface area (Å²) in [6.07, 6.45) is 4.85. The lowest BCUT2D eigenvalue weighted by Crippen LogP contribution is -2.50. The van der Waals surface area contributed by atoms with E-state index in [0.717, 1.165) is 19.1 Å². The smallest absolute Gasteiger partial charge is 0.0510 e. The average molecular weight is 213 g/mol. The Morgan fingerprint density at radius 1 is 1.33 bits per heavy atom. The van der Waals surface area contributed by atoms with Gasteiger partial charge in [0, 0.05) is 18.2 Å². The summed E-state index contributed by atoms with van der Waals surface area (Å²) in [5.74, 6) is 0.729. The Hall–Kier alpha value is -0.0800. The summed E-state index contributed by atoms with van der Waals surface area (Å²) in [6, 6.07) is 0.636. The molecule has 2 heteroatoms. The Morgan fingerprint density at radius 3 is 2.40 bits per heavy atom. The first-order valence-electron chi connectivity index (χ1n) is 6.50. The molecule has 0 radical (unpaired) electrons. The molecule has 1 fully saturated rings. The van der Waals surface area contributed by atoms with Crippen molar-refractivity contribution in [3.63, 3.8) is 0 Å². The van der Waals surface area contributed by atoms with E-state index < -0.39 is 0 Å². The largest absolute Gasteiger partial charge is 0.381 e. The van der Waals surface area contributed by atoms with Crippen molar-refractivity contribution >= 4 is 0 Å². The number of nitrogens with one attached hydrogen (secondary N) is 1. The van der Waals surface area contributed by atoms with Crippen LogP contribution in [0.25, 0.3) is 0 Å². The molecular formula is C13H27NO. The standard InChI is InChI=1S/C13H27NO/c1-5-12(11-8-9-15-10-11)14-13(4,6-2)7-3/h11-12,14H,5-10H2,1-4H3. The van der Waals surface area contributed by atoms with Gasteiger partial charge in [-0.05, 0) is 38.5 Å². The maximum Gasteiger partial charge on any atom is 0.0510 e. The Balaban J connectivity index is 2.51. The third kappa shape index (κ3) is 3.46. The molecule has 1 N–H and O–H groups in total. The van der Waals surface area contributed by atoms with Gasteiger partial charge in [0.25, 0.3) is 0 Å². The van der Waals surface area contributed by atoms with Gasteiger partial charge in [0.2, 0.25) is 0 Å². The molecule has 1 aliphatic rings. The molecule has 1 aliphatic heterocycles. The van der Waals surface area contributed by atoms with E-state index in [1.54, 1.807) is 0 Å². The van der Waals surface area contributed by atoms with E-state index in [-0.39, 0.29) is 0 Å². The van der Waals surface area contributed by atoms with Crippen molar-refractivity contribution < 1.29 is 4.74 Å². The maximum atomic E-state index is 5.48. The van der Waals surface area contributed by atoms with Crippen LogP contribution in [0.2, 0.25) is 0 Å². The molecule has 0 aromatic carbocycles. The fourth-order valence-electron chi connectivity index (χ4n) is 2.33. The maximum absolute atomic E-state index is 5.48. The summed E-state index contributed by atoms with van der Waals surface area (Å²) in [6.45, 7) is 11.1. The van der Waals surface area contributed by atoms with Crippen LogP contribution in [0.1, 0.15) is 53.4 Å². The minimum Gasteiger partial charge on any atom is -0.381 e. The normalized spacial score (nSPS) is 24.4. The van der Waals surface area contributed by atoms with Crippen molar-refractivity contribution in [3.05, 3.63) is 0 Å². The van der Waals surface area contributed by atoms with Crippen molar-refractivity contribution in [1.82, 2.24) is 5.32 Å². The Bertz CT molecular complexity index is 171. The first-order valence-corrected chi connectivity index (χ1v) is 6.50. The van der Waals surface area contributed by atoms with Gasteiger partial charge in [-0.25, -0.2) is 0 Å². The van der Waals surface area contributed by atoms with Gasteiger partial charge in [-0.15, -0.1) is 0 Å². The molecule has 2 atom stereocenters. The average Bonchev–Trinajstić information content (AvgIpc) is 2.79. The minimum atomic E-state index is 0.309. The summed E-state index contributed by atoms with van der Waals surface area (Å²) in [5, 5.41) is 3.84. The van der Waals surface area contributed by atoms with Crippen LogP contribution in [0, 0.1) is 5.92 Å². The van der Waals surface area contributed by atoms with Crippen LogP contribution in [-0.4, -0.2) is 24.8 Å². The monoisotopic (exact) mass is 213 g/mol. The van der Waals surface area contributed by atoms with Crippen LogP contribution in [0.4, 0.5) is 0 Å². The molecule has 0 saturated carbocycles. The number of rotatable bonds is 6. The molecule has 0 aromatic rings. The van der Waals surface area contributed by atoms with E-state index >= 15 is 0 Å². The van der Waals surface area contributed by atoms with Gasteiger partial charge < -0.3 is 10.1 Å². The molecule has 1 saturated heterocycles. The SMILES string of the molecule is CCC(NC(C)(CC)CC)C1CCOC1. The van der Waals surface area contributed by atoms with E-state index in [1.807, 2.05) is 0 Å². The third-order valence-corrected chi connectivity index (χ3v) is 4.07. The van der Waals surface area contributed by atoms with E-state index in [0.29, 0.717) is 11.6 Å². The quantitative estimate of drug-likeness (QED) is 0.732. The van der Waals surface area contributed by atoms with E-state index in [1.165, 1.54) is 25.7 Å². The molecule has 2 unspecified atom stereocenters. The summed E-state index contributed by atoms with van der Waals surface area (Å²) in [7, 11) is 0. The van der Waals surface area contributed by atoms with Crippen molar-refractivity contribution in [3.8, 4) is 0 Å². The zero-order valence-electron chi connectivity index (χ0n) is 10.8. The molecule has 0 spiro atoms. The van der Waals surface area contributed by atoms with Crippen LogP contribution >= 0.6 is 0 Å². The van der Waals surface area contributed by atoms with Crippen molar-refractivity contribution in [2.75, 3.05) is 13.2 Å². The Morgan fingerprint density at radius 2 is 2.00 bits per heavy atom. The summed E-state index contributed by atoms with van der Waals surface area (Å²) in [5.41, 5.74) is 0.309. The molecule has 15 heavy (non-hydrogen) atoms. The first kappa shape index (κ1) is 13.0. The molecular weight excluding hydrogens is 186 g/mol. The highest BCUT2D eigenvalue weighted by atomic mass is 16.5. The molecule has 0 amide bonds. The molecule has 90 valence electrons. The highest BCUT2D eigenvalue weighted by molar-refractivity contribution is 4.88. The zero-order valence-corrected chi connectivity index (χ0v) is 10.8. The fraction of sp³-hybridized carbons (Fsp3) is 1.00. The molecule has 0 aliphatic carbocycles. The zero-order chi connectivity index (χ0) is 11.3. The van der Waals surface area contributed by atoms with Gasteiger partial charge >= 0.3 is 0 Å². The second-order valence-corrected chi connectivity index (χ2v) is 5.05. The predicted octanol–water partition coefficient (Wildman–Crippen LogP) is 2.97. The van der Waals surface area contributed by atoms with Crippen LogP contribution in [0.5, 0.6) is 0 Å². The van der Waals surface area contributed by atoms with Gasteiger partial charge in [0.15, 0.2) is 0 Å². The molecule has 1 rings (SSSR count). The summed E-state index contributed by atoms with van der Waals surface area (Å²) >= 11 is 0. The van der Waals surface area contributed by atoms with Crippen molar-refractivity contribution in [2.24, 2.45) is 5.92 Å². The lowest BCUT2D eigenvalue weighted by molar-refractivity contribution is 0.164. The number of hydrogen-bond donors (Lipinski definition) is 1. The Kier molecular flexibility index (Phi) is 5.07. The molecule has 0 bridgehead atoms. The molecule has 2 nitrogen and oxygen atoms in total. The van der Waals surface area contributed by atoms with E-state index in [4.69, 9.17) is 4.74 Å². The van der Waals surface area contributed by atoms with Crippen LogP contribution < -0.4 is 5.32 Å². The van der Waals surface area contributed by atoms with Gasteiger partial charge in [-0.1, -0.05) is 20.8 Å². The summed E-state index contributed by atoms with van der Waals surface area (Å²) < 4.78 is 5.48. The second kappa shape index (κ2) is 5.86. The highest BCUT2D eigenvalue weighted by Crippen LogP contribution is 2.23. The molecule has 1 heterocycles. The van der Waals surface area contributed by atoms with Gasteiger partial charge in [-0.3, -0.25) is 0 Å². The molecule has 0 aromatic heterocycles. The number of ether oxygens (including phenoxy) is 1. The van der Waals surface area contributed by atoms with Gasteiger partial charge in [0.1, 0.15) is 0 Å². The lowest BCUT2D eigenvalue weighted by atomic mass is 9.89. The topological polar surface area (TPSA) is 21.3 Å². The van der Waals surface area contributed by atoms with Gasteiger partial charge in [-0.2, -0.15) is 0 Å². The van der Waals surface area contributed by atoms with E-state index in [9.17, 15) is 0 Å². The third-order valence-electron chi connectivity index (χ3n) is 4.07. The van der Waals surface area contributed by atoms with Crippen molar-refractivity contribution in [1.29, 1.82) is 0 Å². The second-order valence-electron chi connectivity index (χ2n) is 5.05. The first-order chi connectivity index (χ1) is 7.15. The van der Waals surface area contributed by atoms with Crippen molar-refractivity contribution in [2.45, 2.75) is 65.0 Å². The van der Waals surface area contributed by atoms with Crippen LogP contribution in [0.3, 0.4) is 0 Å². The number of hydrogen-bond acceptors (Lipinski definition) is 2. The van der Waals surface area contributed by atoms with Crippen LogP contribution in [-0.2, 0) is 4.74 Å². The van der Waals surface area contributed by atoms with E-state index in [2.05, 4.69) is 33.0 Å². The fourth-order valence-corrected chi connectivity index (χ4v) is 2.33. The summed E-state index contributed by atoms with van der Waals surface area (Å²) in [4.78, 5) is 0. The van der Waals surface area contributed by atoms with Crippen LogP contribution in [0.15, 0.2) is 0 Å².